The molecule has 104 valence electrons. The Hall–Kier alpha value is -2.90. The summed E-state index contributed by atoms with van der Waals surface area (Å²) >= 11 is 0. The molecule has 0 aliphatic rings. The first-order valence-corrected chi connectivity index (χ1v) is 5.61. The van der Waals surface area contributed by atoms with Crippen molar-refractivity contribution in [1.29, 1.82) is 0 Å². The SMILES string of the molecule is Cn1cnc([N+](=O)[O-])c1Oc1ccc(CC(=O)O)cc1. The molecule has 0 aliphatic carbocycles. The topological polar surface area (TPSA) is 107 Å². The molecule has 0 radical (unpaired) electrons. The molecule has 1 heterocycles. The third kappa shape index (κ3) is 2.91. The highest BCUT2D eigenvalue weighted by Crippen LogP contribution is 2.29. The molecule has 1 aromatic carbocycles. The smallest absolute Gasteiger partial charge is 0.427 e. The third-order valence-electron chi connectivity index (χ3n) is 2.53. The van der Waals surface area contributed by atoms with E-state index >= 15 is 0 Å². The van der Waals surface area contributed by atoms with E-state index in [9.17, 15) is 14.9 Å². The van der Waals surface area contributed by atoms with Gasteiger partial charge in [0.05, 0.1) is 6.42 Å². The number of imidazole rings is 1. The molecule has 0 spiro atoms. The Bertz CT molecular complexity index is 648. The Morgan fingerprint density at radius 3 is 2.65 bits per heavy atom. The van der Waals surface area contributed by atoms with E-state index in [0.717, 1.165) is 0 Å². The molecular weight excluding hydrogens is 266 g/mol. The van der Waals surface area contributed by atoms with Crippen molar-refractivity contribution in [3.8, 4) is 11.6 Å². The van der Waals surface area contributed by atoms with Gasteiger partial charge in [-0.2, -0.15) is 0 Å². The Kier molecular flexibility index (Phi) is 3.65. The van der Waals surface area contributed by atoms with E-state index in [2.05, 4.69) is 4.98 Å². The van der Waals surface area contributed by atoms with Crippen molar-refractivity contribution in [2.75, 3.05) is 0 Å². The fourth-order valence-electron chi connectivity index (χ4n) is 1.61. The lowest BCUT2D eigenvalue weighted by atomic mass is 10.1. The Balaban J connectivity index is 2.20. The molecule has 8 heteroatoms. The van der Waals surface area contributed by atoms with Gasteiger partial charge in [-0.1, -0.05) is 12.1 Å². The van der Waals surface area contributed by atoms with Gasteiger partial charge < -0.3 is 20.0 Å². The van der Waals surface area contributed by atoms with Gasteiger partial charge in [-0.25, -0.2) is 0 Å². The predicted octanol–water partition coefficient (Wildman–Crippen LogP) is 1.75. The maximum Gasteiger partial charge on any atom is 0.427 e. The minimum atomic E-state index is -0.930. The van der Waals surface area contributed by atoms with Gasteiger partial charge in [-0.15, -0.1) is 0 Å². The summed E-state index contributed by atoms with van der Waals surface area (Å²) in [7, 11) is 1.58. The number of benzene rings is 1. The van der Waals surface area contributed by atoms with E-state index in [1.807, 2.05) is 0 Å². The highest BCUT2D eigenvalue weighted by Gasteiger charge is 2.22. The third-order valence-corrected chi connectivity index (χ3v) is 2.53. The van der Waals surface area contributed by atoms with Crippen molar-refractivity contribution in [2.24, 2.45) is 7.05 Å². The van der Waals surface area contributed by atoms with Crippen LogP contribution < -0.4 is 4.74 Å². The van der Waals surface area contributed by atoms with Crippen LogP contribution in [0, 0.1) is 10.1 Å². The lowest BCUT2D eigenvalue weighted by Gasteiger charge is -2.05. The van der Waals surface area contributed by atoms with Crippen molar-refractivity contribution in [1.82, 2.24) is 9.55 Å². The van der Waals surface area contributed by atoms with Crippen LogP contribution in [0.4, 0.5) is 5.82 Å². The van der Waals surface area contributed by atoms with Crippen LogP contribution in [-0.2, 0) is 18.3 Å². The van der Waals surface area contributed by atoms with Gasteiger partial charge in [0.25, 0.3) is 0 Å². The maximum atomic E-state index is 10.8. The zero-order valence-corrected chi connectivity index (χ0v) is 10.5. The molecule has 1 N–H and O–H groups in total. The number of hydrogen-bond donors (Lipinski definition) is 1. The molecule has 0 aliphatic heterocycles. The number of carbonyl (C=O) groups is 1. The largest absolute Gasteiger partial charge is 0.481 e. The molecule has 2 aromatic rings. The minimum Gasteiger partial charge on any atom is -0.481 e. The molecule has 0 saturated carbocycles. The number of nitro groups is 1. The molecule has 0 saturated heterocycles. The number of aryl methyl sites for hydroxylation is 1. The summed E-state index contributed by atoms with van der Waals surface area (Å²) in [5, 5.41) is 19.4. The fourth-order valence-corrected chi connectivity index (χ4v) is 1.61. The van der Waals surface area contributed by atoms with Crippen molar-refractivity contribution >= 4 is 11.8 Å². The fraction of sp³-hybridized carbons (Fsp3) is 0.167. The number of ether oxygens (including phenoxy) is 1. The molecule has 20 heavy (non-hydrogen) atoms. The highest BCUT2D eigenvalue weighted by atomic mass is 16.6. The van der Waals surface area contributed by atoms with Gasteiger partial charge in [-0.3, -0.25) is 9.36 Å². The standard InChI is InChI=1S/C12H11N3O5/c1-14-7-13-11(15(18)19)12(14)20-9-4-2-8(3-5-9)6-10(16)17/h2-5,7H,6H2,1H3,(H,16,17). The zero-order chi connectivity index (χ0) is 14.7. The minimum absolute atomic E-state index is 0.0148. The van der Waals surface area contributed by atoms with Crippen LogP contribution in [0.2, 0.25) is 0 Å². The molecule has 8 nitrogen and oxygen atoms in total. The summed E-state index contributed by atoms with van der Waals surface area (Å²) in [6.07, 6.45) is 1.19. The Morgan fingerprint density at radius 1 is 1.45 bits per heavy atom. The van der Waals surface area contributed by atoms with Crippen molar-refractivity contribution in [3.63, 3.8) is 0 Å². The van der Waals surface area contributed by atoms with E-state index in [4.69, 9.17) is 9.84 Å². The Morgan fingerprint density at radius 2 is 2.10 bits per heavy atom. The van der Waals surface area contributed by atoms with E-state index in [0.29, 0.717) is 11.3 Å². The quantitative estimate of drug-likeness (QED) is 0.658. The summed E-state index contributed by atoms with van der Waals surface area (Å²) in [4.78, 5) is 24.3. The molecule has 0 unspecified atom stereocenters. The Labute approximate surface area is 113 Å². The van der Waals surface area contributed by atoms with Crippen LogP contribution in [0.1, 0.15) is 5.56 Å². The summed E-state index contributed by atoms with van der Waals surface area (Å²) in [6.45, 7) is 0. The zero-order valence-electron chi connectivity index (χ0n) is 10.5. The van der Waals surface area contributed by atoms with Crippen LogP contribution in [-0.4, -0.2) is 25.6 Å². The van der Waals surface area contributed by atoms with Crippen LogP contribution >= 0.6 is 0 Å². The van der Waals surface area contributed by atoms with Crippen molar-refractivity contribution in [2.45, 2.75) is 6.42 Å². The van der Waals surface area contributed by atoms with Gasteiger partial charge in [0.15, 0.2) is 0 Å². The van der Waals surface area contributed by atoms with E-state index in [1.54, 1.807) is 31.3 Å². The first-order chi connectivity index (χ1) is 9.47. The first kappa shape index (κ1) is 13.5. The maximum absolute atomic E-state index is 10.8. The van der Waals surface area contributed by atoms with Gasteiger partial charge in [0, 0.05) is 7.05 Å². The summed E-state index contributed by atoms with van der Waals surface area (Å²) in [5.74, 6) is -0.921. The number of aromatic nitrogens is 2. The van der Waals surface area contributed by atoms with Crippen molar-refractivity contribution in [3.05, 3.63) is 46.3 Å². The average molecular weight is 277 g/mol. The second-order valence-corrected chi connectivity index (χ2v) is 4.06. The number of carboxylic acid groups (broad SMARTS) is 1. The molecule has 2 rings (SSSR count). The van der Waals surface area contributed by atoms with Gasteiger partial charge in [0.1, 0.15) is 5.75 Å². The van der Waals surface area contributed by atoms with Gasteiger partial charge >= 0.3 is 17.7 Å². The van der Waals surface area contributed by atoms with E-state index in [1.165, 1.54) is 10.9 Å². The average Bonchev–Trinajstić information content (AvgIpc) is 2.73. The molecule has 0 bridgehead atoms. The van der Waals surface area contributed by atoms with Gasteiger partial charge in [0.2, 0.25) is 6.33 Å². The lowest BCUT2D eigenvalue weighted by molar-refractivity contribution is -0.390. The van der Waals surface area contributed by atoms with Crippen LogP contribution in [0.3, 0.4) is 0 Å². The van der Waals surface area contributed by atoms with E-state index in [-0.39, 0.29) is 18.1 Å². The number of aliphatic carboxylic acids is 1. The molecule has 0 fully saturated rings. The van der Waals surface area contributed by atoms with Crippen molar-refractivity contribution < 1.29 is 19.6 Å². The van der Waals surface area contributed by atoms with E-state index < -0.39 is 10.9 Å². The first-order valence-electron chi connectivity index (χ1n) is 5.61. The molecule has 0 atom stereocenters. The second-order valence-electron chi connectivity index (χ2n) is 4.06. The summed E-state index contributed by atoms with van der Waals surface area (Å²) in [5.41, 5.74) is 0.615. The van der Waals surface area contributed by atoms with Crippen LogP contribution in [0.5, 0.6) is 11.6 Å². The summed E-state index contributed by atoms with van der Waals surface area (Å²) < 4.78 is 6.81. The number of nitrogens with zero attached hydrogens (tertiary/aromatic N) is 3. The second kappa shape index (κ2) is 5.39. The monoisotopic (exact) mass is 277 g/mol. The highest BCUT2D eigenvalue weighted by molar-refractivity contribution is 5.70. The normalized spacial score (nSPS) is 10.2. The molecule has 1 aromatic heterocycles. The van der Waals surface area contributed by atoms with Gasteiger partial charge in [-0.05, 0) is 27.6 Å². The van der Waals surface area contributed by atoms with Crippen LogP contribution in [0.25, 0.3) is 0 Å². The molecular formula is C12H11N3O5. The lowest BCUT2D eigenvalue weighted by Crippen LogP contribution is -2.00. The number of carboxylic acids is 1. The van der Waals surface area contributed by atoms with Crippen LogP contribution in [0.15, 0.2) is 30.6 Å². The summed E-state index contributed by atoms with van der Waals surface area (Å²) in [6, 6.07) is 6.28. The number of hydrogen-bond acceptors (Lipinski definition) is 5. The predicted molar refractivity (Wildman–Crippen MR) is 67.7 cm³/mol. The number of rotatable bonds is 5. The molecule has 0 amide bonds.